The Labute approximate surface area is 134 Å². The molecular weight excluding hydrogens is 329 g/mol. The highest BCUT2D eigenvalue weighted by atomic mass is 19.1. The van der Waals surface area contributed by atoms with Gasteiger partial charge in [-0.3, -0.25) is 4.57 Å². The number of aliphatic hydroxyl groups is 3. The van der Waals surface area contributed by atoms with E-state index in [4.69, 9.17) is 15.2 Å². The molecule has 10 nitrogen and oxygen atoms in total. The Morgan fingerprint density at radius 1 is 1.62 bits per heavy atom. The monoisotopic (exact) mass is 345 g/mol. The number of hydrogen-bond acceptors (Lipinski definition) is 9. The van der Waals surface area contributed by atoms with Crippen molar-refractivity contribution in [2.24, 2.45) is 0 Å². The Balaban J connectivity index is 2.65. The summed E-state index contributed by atoms with van der Waals surface area (Å²) in [6.45, 7) is 2.24. The lowest BCUT2D eigenvalue weighted by atomic mass is 10.0. The minimum absolute atomic E-state index is 0.309. The van der Waals surface area contributed by atoms with Crippen LogP contribution < -0.4 is 11.4 Å². The average Bonchev–Trinajstić information content (AvgIpc) is 2.81. The van der Waals surface area contributed by atoms with Gasteiger partial charge in [-0.15, -0.1) is 0 Å². The van der Waals surface area contributed by atoms with Crippen LogP contribution in [0, 0.1) is 5.82 Å². The number of carbonyl (C=O) groups excluding carboxylic acids is 1. The number of aromatic nitrogens is 2. The standard InChI is InChI=1S/C13H16FN3O7/c1-2-3-23-11(21)13(9(20)8(19)7(5-18)24-13)17-4-6(14)10(15)16-12(17)22/h2,4,7-9,18-20H,1,3,5H2,(H2,15,16,22)/t7-,8-,9-,13+/m1/s1. The van der Waals surface area contributed by atoms with E-state index in [1.807, 2.05) is 0 Å². The van der Waals surface area contributed by atoms with Gasteiger partial charge < -0.3 is 30.5 Å². The van der Waals surface area contributed by atoms with Crippen LogP contribution in [0.15, 0.2) is 23.6 Å². The van der Waals surface area contributed by atoms with E-state index in [-0.39, 0.29) is 6.61 Å². The minimum Gasteiger partial charge on any atom is -0.458 e. The largest absolute Gasteiger partial charge is 0.458 e. The van der Waals surface area contributed by atoms with E-state index in [0.29, 0.717) is 10.8 Å². The van der Waals surface area contributed by atoms with Gasteiger partial charge in [0.05, 0.1) is 12.8 Å². The third-order valence-corrected chi connectivity index (χ3v) is 3.51. The van der Waals surface area contributed by atoms with Gasteiger partial charge in [-0.05, 0) is 0 Å². The zero-order chi connectivity index (χ0) is 18.1. The lowest BCUT2D eigenvalue weighted by molar-refractivity contribution is -0.201. The Hall–Kier alpha value is -2.34. The predicted molar refractivity (Wildman–Crippen MR) is 76.0 cm³/mol. The Morgan fingerprint density at radius 3 is 2.83 bits per heavy atom. The predicted octanol–water partition coefficient (Wildman–Crippen LogP) is -2.54. The molecule has 5 N–H and O–H groups in total. The summed E-state index contributed by atoms with van der Waals surface area (Å²) in [5.41, 5.74) is 1.31. The molecule has 0 amide bonds. The molecule has 1 aromatic heterocycles. The number of esters is 1. The fourth-order valence-corrected chi connectivity index (χ4v) is 2.34. The van der Waals surface area contributed by atoms with Crippen molar-refractivity contribution < 1.29 is 34.0 Å². The molecule has 132 valence electrons. The highest BCUT2D eigenvalue weighted by molar-refractivity contribution is 5.79. The van der Waals surface area contributed by atoms with Crippen molar-refractivity contribution in [3.63, 3.8) is 0 Å². The maximum Gasteiger partial charge on any atom is 0.363 e. The zero-order valence-corrected chi connectivity index (χ0v) is 12.3. The highest BCUT2D eigenvalue weighted by Crippen LogP contribution is 2.36. The molecule has 0 unspecified atom stereocenters. The van der Waals surface area contributed by atoms with E-state index in [1.54, 1.807) is 0 Å². The molecule has 0 aromatic carbocycles. The van der Waals surface area contributed by atoms with Crippen LogP contribution in [-0.4, -0.2) is 62.4 Å². The van der Waals surface area contributed by atoms with Crippen LogP contribution >= 0.6 is 0 Å². The van der Waals surface area contributed by atoms with Gasteiger partial charge in [0, 0.05) is 0 Å². The number of nitrogens with zero attached hydrogens (tertiary/aromatic N) is 2. The SMILES string of the molecule is C=CCOC(=O)[C@@]1(n2cc(F)c(N)nc2=O)O[C@H](CO)[C@@H](O)[C@H]1O. The van der Waals surface area contributed by atoms with Crippen LogP contribution in [0.4, 0.5) is 10.2 Å². The lowest BCUT2D eigenvalue weighted by Crippen LogP contribution is -2.56. The number of rotatable bonds is 5. The third-order valence-electron chi connectivity index (χ3n) is 3.51. The highest BCUT2D eigenvalue weighted by Gasteiger charge is 2.62. The second kappa shape index (κ2) is 6.65. The van der Waals surface area contributed by atoms with Crippen molar-refractivity contribution in [3.05, 3.63) is 35.2 Å². The molecule has 4 atom stereocenters. The van der Waals surface area contributed by atoms with Crippen LogP contribution in [-0.2, 0) is 20.0 Å². The quantitative estimate of drug-likeness (QED) is 0.333. The molecule has 24 heavy (non-hydrogen) atoms. The second-order valence-corrected chi connectivity index (χ2v) is 4.98. The van der Waals surface area contributed by atoms with Crippen LogP contribution in [0.3, 0.4) is 0 Å². The molecule has 1 aliphatic heterocycles. The summed E-state index contributed by atoms with van der Waals surface area (Å²) >= 11 is 0. The maximum absolute atomic E-state index is 13.7. The topological polar surface area (TPSA) is 157 Å². The van der Waals surface area contributed by atoms with Crippen molar-refractivity contribution in [2.45, 2.75) is 24.0 Å². The molecular formula is C13H16FN3O7. The summed E-state index contributed by atoms with van der Waals surface area (Å²) in [4.78, 5) is 27.6. The molecule has 1 saturated heterocycles. The van der Waals surface area contributed by atoms with E-state index >= 15 is 0 Å². The molecule has 11 heteroatoms. The van der Waals surface area contributed by atoms with Gasteiger partial charge in [0.15, 0.2) is 11.6 Å². The average molecular weight is 345 g/mol. The number of nitrogens with two attached hydrogens (primary N) is 1. The Kier molecular flexibility index (Phi) is 4.99. The molecule has 1 aromatic rings. The van der Waals surface area contributed by atoms with Gasteiger partial charge in [0.2, 0.25) is 0 Å². The molecule has 0 radical (unpaired) electrons. The molecule has 2 heterocycles. The van der Waals surface area contributed by atoms with Crippen LogP contribution in [0.1, 0.15) is 0 Å². The van der Waals surface area contributed by atoms with Gasteiger partial charge >= 0.3 is 11.7 Å². The second-order valence-electron chi connectivity index (χ2n) is 4.98. The van der Waals surface area contributed by atoms with Crippen LogP contribution in [0.2, 0.25) is 0 Å². The van der Waals surface area contributed by atoms with Crippen LogP contribution in [0.5, 0.6) is 0 Å². The van der Waals surface area contributed by atoms with Crippen LogP contribution in [0.25, 0.3) is 0 Å². The van der Waals surface area contributed by atoms with Gasteiger partial charge in [0.25, 0.3) is 5.72 Å². The first kappa shape index (κ1) is 18.0. The summed E-state index contributed by atoms with van der Waals surface area (Å²) in [5, 5.41) is 29.4. The summed E-state index contributed by atoms with van der Waals surface area (Å²) in [6.07, 6.45) is -3.52. The van der Waals surface area contributed by atoms with E-state index < -0.39 is 53.9 Å². The third kappa shape index (κ3) is 2.67. The number of anilines is 1. The number of aliphatic hydroxyl groups excluding tert-OH is 3. The van der Waals surface area contributed by atoms with Gasteiger partial charge in [-0.25, -0.2) is 14.0 Å². The van der Waals surface area contributed by atoms with E-state index in [2.05, 4.69) is 11.6 Å². The van der Waals surface area contributed by atoms with E-state index in [1.165, 1.54) is 6.08 Å². The number of ether oxygens (including phenoxy) is 2. The van der Waals surface area contributed by atoms with E-state index in [9.17, 15) is 29.3 Å². The summed E-state index contributed by atoms with van der Waals surface area (Å²) in [7, 11) is 0. The molecule has 0 saturated carbocycles. The first-order chi connectivity index (χ1) is 11.3. The number of carbonyl (C=O) groups is 1. The van der Waals surface area contributed by atoms with Gasteiger partial charge in [0.1, 0.15) is 24.9 Å². The molecule has 0 spiro atoms. The van der Waals surface area contributed by atoms with Crippen molar-refractivity contribution in [1.82, 2.24) is 9.55 Å². The smallest absolute Gasteiger partial charge is 0.363 e. The molecule has 2 rings (SSSR count). The normalized spacial score (nSPS) is 29.4. The summed E-state index contributed by atoms with van der Waals surface area (Å²) in [5.74, 6) is -3.20. The lowest BCUT2D eigenvalue weighted by Gasteiger charge is -2.30. The van der Waals surface area contributed by atoms with Gasteiger partial charge in [-0.1, -0.05) is 12.7 Å². The maximum atomic E-state index is 13.7. The van der Waals surface area contributed by atoms with Gasteiger partial charge in [-0.2, -0.15) is 4.98 Å². The number of hydrogen-bond donors (Lipinski definition) is 4. The fraction of sp³-hybridized carbons (Fsp3) is 0.462. The number of nitrogen functional groups attached to an aromatic ring is 1. The summed E-state index contributed by atoms with van der Waals surface area (Å²) in [6, 6.07) is 0. The fourth-order valence-electron chi connectivity index (χ4n) is 2.34. The summed E-state index contributed by atoms with van der Waals surface area (Å²) < 4.78 is 24.1. The van der Waals surface area contributed by atoms with Crippen molar-refractivity contribution >= 4 is 11.8 Å². The molecule has 1 aliphatic rings. The van der Waals surface area contributed by atoms with Crippen molar-refractivity contribution in [3.8, 4) is 0 Å². The molecule has 0 bridgehead atoms. The van der Waals surface area contributed by atoms with Crippen molar-refractivity contribution in [2.75, 3.05) is 18.9 Å². The Morgan fingerprint density at radius 2 is 2.29 bits per heavy atom. The van der Waals surface area contributed by atoms with Crippen molar-refractivity contribution in [1.29, 1.82) is 0 Å². The molecule has 1 fully saturated rings. The first-order valence-corrected chi connectivity index (χ1v) is 6.77. The Bertz CT molecular complexity index is 709. The number of halogens is 1. The zero-order valence-electron chi connectivity index (χ0n) is 12.3. The molecule has 0 aliphatic carbocycles. The van der Waals surface area contributed by atoms with E-state index in [0.717, 1.165) is 0 Å². The first-order valence-electron chi connectivity index (χ1n) is 6.77. The minimum atomic E-state index is -2.64.